The Balaban J connectivity index is 1.81. The van der Waals surface area contributed by atoms with Crippen LogP contribution in [0.4, 0.5) is 13.2 Å². The van der Waals surface area contributed by atoms with E-state index >= 15 is 0 Å². The molecule has 96 valence electrons. The molecule has 17 heavy (non-hydrogen) atoms. The molecule has 0 saturated heterocycles. The number of aromatic nitrogens is 2. The number of halogens is 3. The first-order valence-corrected chi connectivity index (χ1v) is 5.18. The van der Waals surface area contributed by atoms with Gasteiger partial charge in [0.15, 0.2) is 5.82 Å². The van der Waals surface area contributed by atoms with Crippen molar-refractivity contribution in [3.63, 3.8) is 0 Å². The minimum Gasteiger partial charge on any atom is -0.362 e. The Morgan fingerprint density at radius 3 is 2.76 bits per heavy atom. The Morgan fingerprint density at radius 1 is 1.47 bits per heavy atom. The fraction of sp³-hybridized carbons (Fsp3) is 0.778. The van der Waals surface area contributed by atoms with Crippen molar-refractivity contribution in [3.05, 3.63) is 11.7 Å². The average Bonchev–Trinajstić information content (AvgIpc) is 2.96. The van der Waals surface area contributed by atoms with Crippen molar-refractivity contribution in [1.82, 2.24) is 10.1 Å². The summed E-state index contributed by atoms with van der Waals surface area (Å²) in [6.07, 6.45) is -2.31. The summed E-state index contributed by atoms with van der Waals surface area (Å²) in [5.41, 5.74) is 5.81. The van der Waals surface area contributed by atoms with Crippen molar-refractivity contribution in [2.24, 2.45) is 11.7 Å². The van der Waals surface area contributed by atoms with E-state index in [4.69, 9.17) is 10.3 Å². The zero-order valence-electron chi connectivity index (χ0n) is 8.91. The molecule has 0 spiro atoms. The van der Waals surface area contributed by atoms with Gasteiger partial charge in [0.2, 0.25) is 0 Å². The minimum atomic E-state index is -4.35. The van der Waals surface area contributed by atoms with Crippen LogP contribution in [0.2, 0.25) is 0 Å². The van der Waals surface area contributed by atoms with Crippen molar-refractivity contribution < 1.29 is 22.4 Å². The zero-order valence-corrected chi connectivity index (χ0v) is 8.91. The van der Waals surface area contributed by atoms with Crippen LogP contribution in [0.25, 0.3) is 0 Å². The van der Waals surface area contributed by atoms with E-state index < -0.39 is 12.8 Å². The van der Waals surface area contributed by atoms with Gasteiger partial charge < -0.3 is 15.0 Å². The van der Waals surface area contributed by atoms with Gasteiger partial charge in [-0.3, -0.25) is 0 Å². The molecule has 2 rings (SSSR count). The standard InChI is InChI=1S/C9H12F3N3O2/c10-9(11,12)4-16-3-6-14-8(15-17-6)7(13)5-1-2-5/h5,7H,1-4,13H2. The molecule has 1 heterocycles. The van der Waals surface area contributed by atoms with Crippen LogP contribution in [0.15, 0.2) is 4.52 Å². The maximum absolute atomic E-state index is 11.8. The topological polar surface area (TPSA) is 74.2 Å². The number of nitrogens with two attached hydrogens (primary N) is 1. The Morgan fingerprint density at radius 2 is 2.18 bits per heavy atom. The third-order valence-electron chi connectivity index (χ3n) is 2.40. The Hall–Kier alpha value is -1.15. The molecule has 1 unspecified atom stereocenters. The number of hydrogen-bond acceptors (Lipinski definition) is 5. The van der Waals surface area contributed by atoms with Gasteiger partial charge >= 0.3 is 6.18 Å². The van der Waals surface area contributed by atoms with Crippen LogP contribution in [0.3, 0.4) is 0 Å². The van der Waals surface area contributed by atoms with Gasteiger partial charge in [-0.05, 0) is 18.8 Å². The highest BCUT2D eigenvalue weighted by atomic mass is 19.4. The monoisotopic (exact) mass is 251 g/mol. The zero-order chi connectivity index (χ0) is 12.5. The smallest absolute Gasteiger partial charge is 0.362 e. The maximum Gasteiger partial charge on any atom is 0.411 e. The van der Waals surface area contributed by atoms with Gasteiger partial charge in [0.1, 0.15) is 13.2 Å². The van der Waals surface area contributed by atoms with Gasteiger partial charge in [0.05, 0.1) is 6.04 Å². The molecule has 0 radical (unpaired) electrons. The molecule has 2 N–H and O–H groups in total. The number of rotatable bonds is 5. The van der Waals surface area contributed by atoms with Crippen LogP contribution < -0.4 is 5.73 Å². The molecule has 1 fully saturated rings. The molecule has 0 bridgehead atoms. The molecular weight excluding hydrogens is 239 g/mol. The van der Waals surface area contributed by atoms with Crippen LogP contribution in [0.5, 0.6) is 0 Å². The van der Waals surface area contributed by atoms with Crippen LogP contribution in [0.1, 0.15) is 30.6 Å². The third-order valence-corrected chi connectivity index (χ3v) is 2.40. The molecule has 5 nitrogen and oxygen atoms in total. The Labute approximate surface area is 95.1 Å². The molecule has 0 aliphatic heterocycles. The van der Waals surface area contributed by atoms with Gasteiger partial charge in [-0.2, -0.15) is 18.2 Å². The molecular formula is C9H12F3N3O2. The highest BCUT2D eigenvalue weighted by molar-refractivity contribution is 4.99. The largest absolute Gasteiger partial charge is 0.411 e. The average molecular weight is 251 g/mol. The van der Waals surface area contributed by atoms with Crippen LogP contribution >= 0.6 is 0 Å². The van der Waals surface area contributed by atoms with Crippen molar-refractivity contribution in [1.29, 1.82) is 0 Å². The molecule has 1 aromatic rings. The van der Waals surface area contributed by atoms with Crippen molar-refractivity contribution in [2.75, 3.05) is 6.61 Å². The van der Waals surface area contributed by atoms with E-state index in [1.54, 1.807) is 0 Å². The van der Waals surface area contributed by atoms with Gasteiger partial charge in [-0.25, -0.2) is 0 Å². The van der Waals surface area contributed by atoms with E-state index in [0.29, 0.717) is 11.7 Å². The van der Waals surface area contributed by atoms with E-state index in [1.807, 2.05) is 0 Å². The van der Waals surface area contributed by atoms with E-state index in [1.165, 1.54) is 0 Å². The fourth-order valence-electron chi connectivity index (χ4n) is 1.38. The summed E-state index contributed by atoms with van der Waals surface area (Å²) in [6.45, 7) is -1.69. The second-order valence-corrected chi connectivity index (χ2v) is 4.02. The summed E-state index contributed by atoms with van der Waals surface area (Å²) in [4.78, 5) is 3.90. The fourth-order valence-corrected chi connectivity index (χ4v) is 1.38. The van der Waals surface area contributed by atoms with Crippen LogP contribution in [-0.4, -0.2) is 22.9 Å². The molecule has 0 amide bonds. The van der Waals surface area contributed by atoms with Gasteiger partial charge in [0, 0.05) is 0 Å². The van der Waals surface area contributed by atoms with Crippen LogP contribution in [-0.2, 0) is 11.3 Å². The van der Waals surface area contributed by atoms with E-state index in [-0.39, 0.29) is 18.5 Å². The highest BCUT2D eigenvalue weighted by Crippen LogP contribution is 2.38. The van der Waals surface area contributed by atoms with Crippen molar-refractivity contribution >= 4 is 0 Å². The number of hydrogen-bond donors (Lipinski definition) is 1. The predicted molar refractivity (Wildman–Crippen MR) is 49.7 cm³/mol. The lowest BCUT2D eigenvalue weighted by Gasteiger charge is -2.04. The molecule has 1 aromatic heterocycles. The lowest BCUT2D eigenvalue weighted by atomic mass is 10.2. The SMILES string of the molecule is NC(c1noc(COCC(F)(F)F)n1)C1CC1. The molecule has 0 aromatic carbocycles. The van der Waals surface area contributed by atoms with Gasteiger partial charge in [-0.1, -0.05) is 5.16 Å². The van der Waals surface area contributed by atoms with Crippen molar-refractivity contribution in [2.45, 2.75) is 31.7 Å². The normalized spacial score (nSPS) is 18.4. The minimum absolute atomic E-state index is 0.0142. The quantitative estimate of drug-likeness (QED) is 0.859. The lowest BCUT2D eigenvalue weighted by molar-refractivity contribution is -0.178. The number of alkyl halides is 3. The predicted octanol–water partition coefficient (Wildman–Crippen LogP) is 1.56. The first-order valence-electron chi connectivity index (χ1n) is 5.18. The van der Waals surface area contributed by atoms with Crippen LogP contribution in [0, 0.1) is 5.92 Å². The van der Waals surface area contributed by atoms with E-state index in [0.717, 1.165) is 12.8 Å². The number of ether oxygens (including phenoxy) is 1. The summed E-state index contributed by atoms with van der Waals surface area (Å²) in [7, 11) is 0. The third kappa shape index (κ3) is 3.67. The lowest BCUT2D eigenvalue weighted by Crippen LogP contribution is -2.17. The summed E-state index contributed by atoms with van der Waals surface area (Å²) in [6, 6.07) is -0.296. The van der Waals surface area contributed by atoms with Gasteiger partial charge in [0.25, 0.3) is 5.89 Å². The first-order chi connectivity index (χ1) is 7.96. The summed E-state index contributed by atoms with van der Waals surface area (Å²) in [5, 5.41) is 3.62. The summed E-state index contributed by atoms with van der Waals surface area (Å²) < 4.78 is 44.5. The van der Waals surface area contributed by atoms with E-state index in [9.17, 15) is 13.2 Å². The Kier molecular flexibility index (Phi) is 3.34. The molecule has 8 heteroatoms. The second kappa shape index (κ2) is 4.61. The van der Waals surface area contributed by atoms with E-state index in [2.05, 4.69) is 14.9 Å². The molecule has 1 atom stereocenters. The number of nitrogens with zero attached hydrogens (tertiary/aromatic N) is 2. The summed E-state index contributed by atoms with van der Waals surface area (Å²) >= 11 is 0. The first kappa shape index (κ1) is 12.3. The molecule has 1 aliphatic rings. The molecule has 1 saturated carbocycles. The highest BCUT2D eigenvalue weighted by Gasteiger charge is 2.33. The maximum atomic E-state index is 11.8. The Bertz CT molecular complexity index is 376. The van der Waals surface area contributed by atoms with Gasteiger partial charge in [-0.15, -0.1) is 0 Å². The second-order valence-electron chi connectivity index (χ2n) is 4.02. The summed E-state index contributed by atoms with van der Waals surface area (Å²) in [5.74, 6) is 0.704. The molecule has 1 aliphatic carbocycles. The van der Waals surface area contributed by atoms with Crippen molar-refractivity contribution in [3.8, 4) is 0 Å².